The van der Waals surface area contributed by atoms with Gasteiger partial charge in [0.2, 0.25) is 0 Å². The standard InChI is InChI=1S/C46H55ClN6O8S/c1-46(2)18-14-33(39(27-46)30-4-6-34(47)7-5-30)28-48-20-21-49-35-8-11-38(44(25-35)61-36-9-12-40-32(24-36)15-19-50-40)45(55)52-62(58,59)37-10-13-41(43(26-37)53(3,56)57)51-42(29-54)31-16-22-60-23-17-31/h4-13,15,19,24-26,31,42,48-51,54,56H,14,16-18,20-23,27-29H2,1-3H3,(H,52,55). The lowest BCUT2D eigenvalue weighted by Gasteiger charge is -2.34. The van der Waals surface area contributed by atoms with Gasteiger partial charge in [0.1, 0.15) is 18.5 Å². The first kappa shape index (κ1) is 45.1. The Balaban J connectivity index is 1.07. The van der Waals surface area contributed by atoms with Crippen molar-refractivity contribution < 1.29 is 33.0 Å². The molecule has 62 heavy (non-hydrogen) atoms. The van der Waals surface area contributed by atoms with Gasteiger partial charge in [0.25, 0.3) is 15.9 Å². The van der Waals surface area contributed by atoms with Gasteiger partial charge in [-0.05, 0) is 115 Å². The summed E-state index contributed by atoms with van der Waals surface area (Å²) in [5, 5.41) is 45.3. The molecule has 330 valence electrons. The highest BCUT2D eigenvalue weighted by molar-refractivity contribution is 7.90. The topological polar surface area (TPSA) is 197 Å². The van der Waals surface area contributed by atoms with Gasteiger partial charge < -0.3 is 40.7 Å². The first-order chi connectivity index (χ1) is 29.6. The van der Waals surface area contributed by atoms with Crippen LogP contribution in [0.15, 0.2) is 102 Å². The molecule has 1 amide bonds. The van der Waals surface area contributed by atoms with E-state index in [0.29, 0.717) is 55.6 Å². The number of amides is 1. The number of benzene rings is 4. The van der Waals surface area contributed by atoms with E-state index in [4.69, 9.17) is 21.1 Å². The number of halogens is 1. The zero-order valence-corrected chi connectivity index (χ0v) is 36.7. The van der Waals surface area contributed by atoms with Crippen molar-refractivity contribution in [2.24, 2.45) is 11.3 Å². The van der Waals surface area contributed by atoms with Crippen LogP contribution in [0.5, 0.6) is 11.5 Å². The predicted octanol–water partition coefficient (Wildman–Crippen LogP) is 8.42. The third kappa shape index (κ3) is 11.2. The molecule has 2 atom stereocenters. The monoisotopic (exact) mass is 886 g/mol. The molecule has 1 aliphatic heterocycles. The number of quaternary nitrogens is 1. The van der Waals surface area contributed by atoms with Gasteiger partial charge in [0.05, 0.1) is 28.8 Å². The second kappa shape index (κ2) is 19.2. The number of nitrogens with zero attached hydrogens (tertiary/aromatic N) is 1. The molecule has 5 aromatic rings. The minimum atomic E-state index is -4.59. The fraction of sp³-hybridized carbons (Fsp3) is 0.370. The van der Waals surface area contributed by atoms with E-state index in [2.05, 4.69) is 51.6 Å². The number of carbonyl (C=O) groups excluding carboxylic acids is 1. The Morgan fingerprint density at radius 1 is 1.03 bits per heavy atom. The molecular formula is C46H55ClN6O8S. The molecule has 4 aromatic carbocycles. The van der Waals surface area contributed by atoms with Crippen LogP contribution in [0, 0.1) is 16.5 Å². The van der Waals surface area contributed by atoms with Gasteiger partial charge in [0, 0.05) is 72.8 Å². The first-order valence-electron chi connectivity index (χ1n) is 20.9. The van der Waals surface area contributed by atoms with Gasteiger partial charge in [-0.3, -0.25) is 4.79 Å². The molecule has 0 spiro atoms. The number of sulfonamides is 1. The van der Waals surface area contributed by atoms with E-state index in [-0.39, 0.29) is 40.6 Å². The molecule has 2 aliphatic rings. The normalized spacial score (nSPS) is 17.3. The van der Waals surface area contributed by atoms with Crippen molar-refractivity contribution in [3.63, 3.8) is 0 Å². The summed E-state index contributed by atoms with van der Waals surface area (Å²) in [5.41, 5.74) is 5.46. The summed E-state index contributed by atoms with van der Waals surface area (Å²) in [6.07, 6.45) is 6.26. The molecule has 14 nitrogen and oxygen atoms in total. The van der Waals surface area contributed by atoms with E-state index in [1.54, 1.807) is 30.5 Å². The fourth-order valence-corrected chi connectivity index (χ4v) is 9.27. The van der Waals surface area contributed by atoms with Gasteiger partial charge in [-0.2, -0.15) is 4.81 Å². The van der Waals surface area contributed by atoms with Crippen molar-refractivity contribution in [1.82, 2.24) is 19.8 Å². The summed E-state index contributed by atoms with van der Waals surface area (Å²) in [4.78, 5) is 14.6. The van der Waals surface area contributed by atoms with Crippen LogP contribution in [0.3, 0.4) is 0 Å². The van der Waals surface area contributed by atoms with Gasteiger partial charge in [-0.25, -0.2) is 18.3 Å². The summed E-state index contributed by atoms with van der Waals surface area (Å²) < 4.78 is 41.4. The van der Waals surface area contributed by atoms with Crippen LogP contribution in [0.1, 0.15) is 61.9 Å². The molecule has 1 fully saturated rings. The van der Waals surface area contributed by atoms with Gasteiger partial charge in [-0.1, -0.05) is 43.2 Å². The number of hydrogen-bond donors (Lipinski definition) is 7. The van der Waals surface area contributed by atoms with Crippen LogP contribution < -0.4 is 30.2 Å². The number of ether oxygens (including phenoxy) is 2. The van der Waals surface area contributed by atoms with Crippen molar-refractivity contribution >= 4 is 61.1 Å². The van der Waals surface area contributed by atoms with Crippen molar-refractivity contribution in [3.8, 4) is 11.5 Å². The number of H-pyrrole nitrogens is 1. The van der Waals surface area contributed by atoms with E-state index < -0.39 is 31.7 Å². The van der Waals surface area contributed by atoms with Crippen molar-refractivity contribution in [2.75, 3.05) is 57.1 Å². The van der Waals surface area contributed by atoms with E-state index in [1.807, 2.05) is 24.3 Å². The number of hydrogen-bond acceptors (Lipinski definition) is 11. The number of nitrogens with one attached hydrogen (secondary N) is 5. The van der Waals surface area contributed by atoms with Crippen molar-refractivity contribution in [3.05, 3.63) is 118 Å². The number of hydroxylamine groups is 2. The molecule has 7 N–H and O–H groups in total. The summed E-state index contributed by atoms with van der Waals surface area (Å²) in [6.45, 7) is 7.34. The maximum Gasteiger partial charge on any atom is 0.268 e. The molecule has 0 saturated carbocycles. The molecule has 2 heterocycles. The van der Waals surface area contributed by atoms with Gasteiger partial charge >= 0.3 is 0 Å². The van der Waals surface area contributed by atoms with E-state index in [0.717, 1.165) is 49.8 Å². The number of anilines is 2. The summed E-state index contributed by atoms with van der Waals surface area (Å²) in [6, 6.07) is 23.2. The number of aromatic amines is 1. The Labute approximate surface area is 367 Å². The largest absolute Gasteiger partial charge is 0.593 e. The molecule has 0 radical (unpaired) electrons. The highest BCUT2D eigenvalue weighted by Gasteiger charge is 2.30. The second-order valence-corrected chi connectivity index (χ2v) is 19.1. The SMILES string of the molecule is CC1(C)CCC(CNCCNc2ccc(C(=O)NS(=O)(=O)c3ccc(NC(CO)C4CCOCC4)c([N+](C)([O-])O)c3)c(Oc3ccc4[nH]ccc4c3)c2)=C(c2ccc(Cl)cc2)C1. The lowest BCUT2D eigenvalue weighted by Crippen LogP contribution is -2.39. The number of aromatic nitrogens is 1. The van der Waals surface area contributed by atoms with Crippen molar-refractivity contribution in [1.29, 1.82) is 0 Å². The Morgan fingerprint density at radius 3 is 2.55 bits per heavy atom. The lowest BCUT2D eigenvalue weighted by atomic mass is 9.72. The highest BCUT2D eigenvalue weighted by atomic mass is 35.5. The summed E-state index contributed by atoms with van der Waals surface area (Å²) in [7, 11) is -3.65. The van der Waals surface area contributed by atoms with Crippen molar-refractivity contribution in [2.45, 2.75) is 56.9 Å². The minimum Gasteiger partial charge on any atom is -0.593 e. The summed E-state index contributed by atoms with van der Waals surface area (Å²) >= 11 is 6.19. The number of aliphatic hydroxyl groups excluding tert-OH is 1. The van der Waals surface area contributed by atoms with Gasteiger partial charge in [-0.15, -0.1) is 0 Å². The van der Waals surface area contributed by atoms with Crippen LogP contribution in [0.2, 0.25) is 5.02 Å². The highest BCUT2D eigenvalue weighted by Crippen LogP contribution is 2.43. The molecule has 1 aromatic heterocycles. The third-order valence-electron chi connectivity index (χ3n) is 11.7. The molecule has 1 aliphatic carbocycles. The molecule has 2 unspecified atom stereocenters. The predicted molar refractivity (Wildman–Crippen MR) is 244 cm³/mol. The molecule has 0 bridgehead atoms. The number of aliphatic hydroxyl groups is 1. The van der Waals surface area contributed by atoms with Crippen LogP contribution in [0.25, 0.3) is 16.5 Å². The van der Waals surface area contributed by atoms with Crippen LogP contribution in [-0.2, 0) is 14.8 Å². The minimum absolute atomic E-state index is 0.0277. The first-order valence-corrected chi connectivity index (χ1v) is 22.7. The average molecular weight is 888 g/mol. The quantitative estimate of drug-likeness (QED) is 0.0269. The molecule has 16 heteroatoms. The summed E-state index contributed by atoms with van der Waals surface area (Å²) in [5.74, 6) is -0.405. The fourth-order valence-electron chi connectivity index (χ4n) is 8.16. The zero-order valence-electron chi connectivity index (χ0n) is 35.2. The Hall–Kier alpha value is -4.97. The molecule has 7 rings (SSSR count). The van der Waals surface area contributed by atoms with Gasteiger partial charge in [0.15, 0.2) is 5.69 Å². The maximum absolute atomic E-state index is 13.9. The van der Waals surface area contributed by atoms with E-state index >= 15 is 0 Å². The third-order valence-corrected chi connectivity index (χ3v) is 13.2. The lowest BCUT2D eigenvalue weighted by molar-refractivity contribution is -0.00415. The Bertz CT molecular complexity index is 2510. The van der Waals surface area contributed by atoms with Crippen LogP contribution in [-0.4, -0.2) is 82.2 Å². The Kier molecular flexibility index (Phi) is 13.9. The number of allylic oxidation sites excluding steroid dienone is 1. The average Bonchev–Trinajstić information content (AvgIpc) is 3.71. The number of fused-ring (bicyclic) bond motifs is 1. The zero-order chi connectivity index (χ0) is 44.1. The number of rotatable bonds is 17. The molecule has 1 saturated heterocycles. The van der Waals surface area contributed by atoms with Crippen LogP contribution >= 0.6 is 11.6 Å². The number of carbonyl (C=O) groups is 1. The van der Waals surface area contributed by atoms with E-state index in [9.17, 15) is 28.7 Å². The maximum atomic E-state index is 13.9. The van der Waals surface area contributed by atoms with Crippen LogP contribution in [0.4, 0.5) is 17.1 Å². The van der Waals surface area contributed by atoms with E-state index in [1.165, 1.54) is 34.9 Å². The smallest absolute Gasteiger partial charge is 0.268 e. The second-order valence-electron chi connectivity index (χ2n) is 16.9. The Morgan fingerprint density at radius 2 is 1.81 bits per heavy atom. The molecular weight excluding hydrogens is 832 g/mol.